The molecule has 1 unspecified atom stereocenters. The van der Waals surface area contributed by atoms with Gasteiger partial charge in [0.25, 0.3) is 0 Å². The highest BCUT2D eigenvalue weighted by Crippen LogP contribution is 1.94. The highest BCUT2D eigenvalue weighted by atomic mass is 16.1. The largest absolute Gasteiger partial charge is 0.354 e. The fourth-order valence-corrected chi connectivity index (χ4v) is 0.882. The normalized spacial score (nSPS) is 9.93. The molecule has 0 heterocycles. The Morgan fingerprint density at radius 1 is 1.14 bits per heavy atom. The average molecular weight is 203 g/mol. The van der Waals surface area contributed by atoms with E-state index in [-0.39, 0.29) is 5.91 Å². The first-order chi connectivity index (χ1) is 6.70. The molecule has 1 N–H and O–H groups in total. The number of carbonyl (C=O) groups is 1. The lowest BCUT2D eigenvalue weighted by Crippen LogP contribution is -2.31. The van der Waals surface area contributed by atoms with Gasteiger partial charge in [-0.2, -0.15) is 0 Å². The predicted molar refractivity (Wildman–Crippen MR) is 65.5 cm³/mol. The molecule has 0 aromatic carbocycles. The highest BCUT2D eigenvalue weighted by molar-refractivity contribution is 5.75. The van der Waals surface area contributed by atoms with Gasteiger partial charge in [-0.3, -0.25) is 4.79 Å². The summed E-state index contributed by atoms with van der Waals surface area (Å²) in [5.41, 5.74) is 0. The minimum absolute atomic E-state index is 0.154. The minimum Gasteiger partial charge on any atom is -0.354 e. The SMILES string of the molecule is CC.CC.CCCC(C)NC(=O)CC. The molecule has 0 fully saturated rings. The zero-order valence-corrected chi connectivity index (χ0v) is 11.1. The van der Waals surface area contributed by atoms with E-state index in [0.717, 1.165) is 12.8 Å². The van der Waals surface area contributed by atoms with E-state index < -0.39 is 0 Å². The van der Waals surface area contributed by atoms with E-state index >= 15 is 0 Å². The van der Waals surface area contributed by atoms with Crippen molar-refractivity contribution in [2.45, 2.75) is 73.8 Å². The molecule has 0 aliphatic carbocycles. The summed E-state index contributed by atoms with van der Waals surface area (Å²) in [6.07, 6.45) is 2.80. The molecule has 1 amide bonds. The fraction of sp³-hybridized carbons (Fsp3) is 0.917. The van der Waals surface area contributed by atoms with Gasteiger partial charge in [0, 0.05) is 12.5 Å². The summed E-state index contributed by atoms with van der Waals surface area (Å²) < 4.78 is 0. The Hall–Kier alpha value is -0.530. The molecule has 0 spiro atoms. The van der Waals surface area contributed by atoms with Gasteiger partial charge < -0.3 is 5.32 Å². The molecule has 88 valence electrons. The van der Waals surface area contributed by atoms with E-state index in [9.17, 15) is 4.79 Å². The smallest absolute Gasteiger partial charge is 0.219 e. The summed E-state index contributed by atoms with van der Waals surface area (Å²) in [4.78, 5) is 10.8. The van der Waals surface area contributed by atoms with Gasteiger partial charge in [-0.1, -0.05) is 48.0 Å². The lowest BCUT2D eigenvalue weighted by atomic mass is 10.2. The average Bonchev–Trinajstić information content (AvgIpc) is 2.24. The Kier molecular flexibility index (Phi) is 25.0. The molecule has 0 radical (unpaired) electrons. The van der Waals surface area contributed by atoms with Gasteiger partial charge in [0.05, 0.1) is 0 Å². The lowest BCUT2D eigenvalue weighted by Gasteiger charge is -2.10. The van der Waals surface area contributed by atoms with Crippen LogP contribution in [-0.2, 0) is 4.79 Å². The van der Waals surface area contributed by atoms with Crippen LogP contribution in [0.2, 0.25) is 0 Å². The Morgan fingerprint density at radius 2 is 1.57 bits per heavy atom. The van der Waals surface area contributed by atoms with Crippen LogP contribution in [0, 0.1) is 0 Å². The summed E-state index contributed by atoms with van der Waals surface area (Å²) in [5, 5.41) is 2.89. The molecule has 0 aromatic heterocycles. The number of amides is 1. The van der Waals surface area contributed by atoms with Gasteiger partial charge in [0.2, 0.25) is 5.91 Å². The Bertz CT molecular complexity index is 102. The van der Waals surface area contributed by atoms with Crippen LogP contribution in [0.15, 0.2) is 0 Å². The van der Waals surface area contributed by atoms with Crippen molar-refractivity contribution in [3.8, 4) is 0 Å². The zero-order valence-electron chi connectivity index (χ0n) is 11.1. The van der Waals surface area contributed by atoms with Crippen LogP contribution < -0.4 is 5.32 Å². The van der Waals surface area contributed by atoms with Crippen LogP contribution in [0.25, 0.3) is 0 Å². The van der Waals surface area contributed by atoms with Crippen molar-refractivity contribution in [3.63, 3.8) is 0 Å². The number of carbonyl (C=O) groups excluding carboxylic acids is 1. The standard InChI is InChI=1S/C8H17NO.2C2H6/c1-4-6-7(3)9-8(10)5-2;2*1-2/h7H,4-6H2,1-3H3,(H,9,10);2*1-2H3. The maximum absolute atomic E-state index is 10.8. The van der Waals surface area contributed by atoms with Gasteiger partial charge >= 0.3 is 0 Å². The first-order valence-corrected chi connectivity index (χ1v) is 6.00. The topological polar surface area (TPSA) is 29.1 Å². The van der Waals surface area contributed by atoms with E-state index in [0.29, 0.717) is 12.5 Å². The van der Waals surface area contributed by atoms with Gasteiger partial charge in [-0.15, -0.1) is 0 Å². The molecular formula is C12H29NO. The summed E-state index contributed by atoms with van der Waals surface area (Å²) in [6, 6.07) is 0.345. The first-order valence-electron chi connectivity index (χ1n) is 6.00. The monoisotopic (exact) mass is 203 g/mol. The molecule has 0 aliphatic rings. The maximum atomic E-state index is 10.8. The summed E-state index contributed by atoms with van der Waals surface area (Å²) >= 11 is 0. The third-order valence-corrected chi connectivity index (χ3v) is 1.45. The van der Waals surface area contributed by atoms with Crippen molar-refractivity contribution in [3.05, 3.63) is 0 Å². The minimum atomic E-state index is 0.154. The zero-order chi connectivity index (χ0) is 12.0. The molecule has 1 atom stereocenters. The molecule has 2 heteroatoms. The maximum Gasteiger partial charge on any atom is 0.219 e. The Balaban J connectivity index is -0.000000266. The highest BCUT2D eigenvalue weighted by Gasteiger charge is 2.02. The third kappa shape index (κ3) is 17.5. The molecule has 0 aromatic rings. The van der Waals surface area contributed by atoms with Crippen LogP contribution in [0.1, 0.15) is 67.7 Å². The number of hydrogen-bond donors (Lipinski definition) is 1. The van der Waals surface area contributed by atoms with Crippen LogP contribution in [0.3, 0.4) is 0 Å². The van der Waals surface area contributed by atoms with Crippen molar-refractivity contribution in [2.24, 2.45) is 0 Å². The van der Waals surface area contributed by atoms with Gasteiger partial charge in [-0.05, 0) is 13.3 Å². The molecule has 0 aliphatic heterocycles. The molecular weight excluding hydrogens is 174 g/mol. The lowest BCUT2D eigenvalue weighted by molar-refractivity contribution is -0.121. The number of hydrogen-bond acceptors (Lipinski definition) is 1. The molecule has 0 bridgehead atoms. The predicted octanol–water partition coefficient (Wildman–Crippen LogP) is 3.75. The van der Waals surface area contributed by atoms with Crippen molar-refractivity contribution >= 4 is 5.91 Å². The van der Waals surface area contributed by atoms with Gasteiger partial charge in [0.15, 0.2) is 0 Å². The molecule has 0 saturated heterocycles. The van der Waals surface area contributed by atoms with Crippen molar-refractivity contribution in [2.75, 3.05) is 0 Å². The second-order valence-electron chi connectivity index (χ2n) is 2.61. The number of rotatable bonds is 4. The molecule has 14 heavy (non-hydrogen) atoms. The first kappa shape index (κ1) is 19.1. The second-order valence-corrected chi connectivity index (χ2v) is 2.61. The summed E-state index contributed by atoms with van der Waals surface area (Å²) in [6.45, 7) is 14.0. The van der Waals surface area contributed by atoms with E-state index in [4.69, 9.17) is 0 Å². The molecule has 0 rings (SSSR count). The van der Waals surface area contributed by atoms with Crippen molar-refractivity contribution in [1.29, 1.82) is 0 Å². The van der Waals surface area contributed by atoms with Crippen LogP contribution in [0.4, 0.5) is 0 Å². The fourth-order valence-electron chi connectivity index (χ4n) is 0.882. The van der Waals surface area contributed by atoms with E-state index in [2.05, 4.69) is 12.2 Å². The van der Waals surface area contributed by atoms with Gasteiger partial charge in [-0.25, -0.2) is 0 Å². The van der Waals surface area contributed by atoms with Crippen LogP contribution in [-0.4, -0.2) is 11.9 Å². The van der Waals surface area contributed by atoms with E-state index in [1.807, 2.05) is 41.5 Å². The summed E-state index contributed by atoms with van der Waals surface area (Å²) in [5.74, 6) is 0.154. The van der Waals surface area contributed by atoms with Crippen molar-refractivity contribution < 1.29 is 4.79 Å². The van der Waals surface area contributed by atoms with Crippen molar-refractivity contribution in [1.82, 2.24) is 5.32 Å². The quantitative estimate of drug-likeness (QED) is 0.740. The second kappa shape index (κ2) is 18.3. The number of nitrogens with one attached hydrogen (secondary N) is 1. The summed E-state index contributed by atoms with van der Waals surface area (Å²) in [7, 11) is 0. The van der Waals surface area contributed by atoms with E-state index in [1.165, 1.54) is 0 Å². The van der Waals surface area contributed by atoms with E-state index in [1.54, 1.807) is 0 Å². The molecule has 0 saturated carbocycles. The van der Waals surface area contributed by atoms with Crippen LogP contribution in [0.5, 0.6) is 0 Å². The van der Waals surface area contributed by atoms with Crippen LogP contribution >= 0.6 is 0 Å². The third-order valence-electron chi connectivity index (χ3n) is 1.45. The Labute approximate surface area is 90.5 Å². The van der Waals surface area contributed by atoms with Gasteiger partial charge in [0.1, 0.15) is 0 Å². The molecule has 2 nitrogen and oxygen atoms in total. The Morgan fingerprint density at radius 3 is 1.86 bits per heavy atom.